The third-order valence-electron chi connectivity index (χ3n) is 4.19. The SMILES string of the molecule is CN(CC1CCCN1C)C(=O)CCc1ccc(N)cc1. The molecular formula is C16H25N3O. The number of carbonyl (C=O) groups excluding carboxylic acids is 1. The molecule has 1 atom stereocenters. The average molecular weight is 275 g/mol. The van der Waals surface area contributed by atoms with E-state index in [-0.39, 0.29) is 5.91 Å². The summed E-state index contributed by atoms with van der Waals surface area (Å²) in [6.07, 6.45) is 3.79. The van der Waals surface area contributed by atoms with Crippen LogP contribution in [0.5, 0.6) is 0 Å². The molecule has 2 N–H and O–H groups in total. The zero-order valence-electron chi connectivity index (χ0n) is 12.5. The van der Waals surface area contributed by atoms with E-state index in [0.717, 1.165) is 25.2 Å². The number of anilines is 1. The van der Waals surface area contributed by atoms with E-state index in [1.807, 2.05) is 36.2 Å². The van der Waals surface area contributed by atoms with Crippen molar-refractivity contribution in [2.24, 2.45) is 0 Å². The van der Waals surface area contributed by atoms with Gasteiger partial charge in [-0.1, -0.05) is 12.1 Å². The standard InChI is InChI=1S/C16H25N3O/c1-18-11-3-4-15(18)12-19(2)16(20)10-7-13-5-8-14(17)9-6-13/h5-6,8-9,15H,3-4,7,10-12,17H2,1-2H3. The Morgan fingerprint density at radius 1 is 1.40 bits per heavy atom. The Balaban J connectivity index is 1.77. The first-order valence-electron chi connectivity index (χ1n) is 7.35. The van der Waals surface area contributed by atoms with Gasteiger partial charge in [-0.05, 0) is 50.6 Å². The van der Waals surface area contributed by atoms with Crippen LogP contribution < -0.4 is 5.73 Å². The zero-order valence-corrected chi connectivity index (χ0v) is 12.5. The van der Waals surface area contributed by atoms with Crippen molar-refractivity contribution in [3.8, 4) is 0 Å². The summed E-state index contributed by atoms with van der Waals surface area (Å²) >= 11 is 0. The van der Waals surface area contributed by atoms with Crippen LogP contribution >= 0.6 is 0 Å². The minimum atomic E-state index is 0.224. The molecule has 110 valence electrons. The maximum atomic E-state index is 12.2. The summed E-state index contributed by atoms with van der Waals surface area (Å²) in [5, 5.41) is 0. The molecule has 0 bridgehead atoms. The van der Waals surface area contributed by atoms with Crippen LogP contribution in [0, 0.1) is 0 Å². The van der Waals surface area contributed by atoms with Crippen molar-refractivity contribution in [3.05, 3.63) is 29.8 Å². The molecule has 2 rings (SSSR count). The fourth-order valence-electron chi connectivity index (χ4n) is 2.75. The lowest BCUT2D eigenvalue weighted by Gasteiger charge is -2.26. The van der Waals surface area contributed by atoms with Gasteiger partial charge in [-0.25, -0.2) is 0 Å². The molecule has 0 aliphatic carbocycles. The van der Waals surface area contributed by atoms with Gasteiger partial charge in [0.1, 0.15) is 0 Å². The van der Waals surface area contributed by atoms with E-state index < -0.39 is 0 Å². The van der Waals surface area contributed by atoms with E-state index >= 15 is 0 Å². The van der Waals surface area contributed by atoms with Crippen LogP contribution in [0.4, 0.5) is 5.69 Å². The van der Waals surface area contributed by atoms with Crippen LogP contribution in [0.25, 0.3) is 0 Å². The van der Waals surface area contributed by atoms with Crippen molar-refractivity contribution in [1.29, 1.82) is 0 Å². The third kappa shape index (κ3) is 3.97. The number of likely N-dealkylation sites (tertiary alicyclic amines) is 1. The van der Waals surface area contributed by atoms with Crippen molar-refractivity contribution in [2.75, 3.05) is 32.9 Å². The summed E-state index contributed by atoms with van der Waals surface area (Å²) in [4.78, 5) is 16.4. The van der Waals surface area contributed by atoms with Gasteiger partial charge in [0.05, 0.1) is 0 Å². The van der Waals surface area contributed by atoms with E-state index in [1.165, 1.54) is 18.4 Å². The maximum absolute atomic E-state index is 12.2. The number of carbonyl (C=O) groups is 1. The summed E-state index contributed by atoms with van der Waals surface area (Å²) in [5.74, 6) is 0.224. The molecule has 4 heteroatoms. The third-order valence-corrected chi connectivity index (χ3v) is 4.19. The molecule has 0 aromatic heterocycles. The van der Waals surface area contributed by atoms with Crippen LogP contribution in [-0.4, -0.2) is 48.9 Å². The monoisotopic (exact) mass is 275 g/mol. The number of likely N-dealkylation sites (N-methyl/N-ethyl adjacent to an activating group) is 2. The highest BCUT2D eigenvalue weighted by Crippen LogP contribution is 2.16. The number of amides is 1. The molecule has 1 amide bonds. The normalized spacial score (nSPS) is 19.2. The average Bonchev–Trinajstić information content (AvgIpc) is 2.83. The highest BCUT2D eigenvalue weighted by molar-refractivity contribution is 5.76. The van der Waals surface area contributed by atoms with Gasteiger partial charge in [0, 0.05) is 31.7 Å². The molecule has 0 radical (unpaired) electrons. The minimum absolute atomic E-state index is 0.224. The first kappa shape index (κ1) is 14.9. The first-order valence-corrected chi connectivity index (χ1v) is 7.35. The molecule has 1 aliphatic rings. The number of rotatable bonds is 5. The number of nitrogens with zero attached hydrogens (tertiary/aromatic N) is 2. The summed E-state index contributed by atoms with van der Waals surface area (Å²) < 4.78 is 0. The van der Waals surface area contributed by atoms with Crippen LogP contribution in [0.2, 0.25) is 0 Å². The number of hydrogen-bond acceptors (Lipinski definition) is 3. The summed E-state index contributed by atoms with van der Waals surface area (Å²) in [5.41, 5.74) is 7.59. The Labute approximate surface area is 121 Å². The molecular weight excluding hydrogens is 250 g/mol. The molecule has 1 unspecified atom stereocenters. The van der Waals surface area contributed by atoms with Crippen LogP contribution in [-0.2, 0) is 11.2 Å². The molecule has 1 heterocycles. The highest BCUT2D eigenvalue weighted by atomic mass is 16.2. The topological polar surface area (TPSA) is 49.6 Å². The Bertz CT molecular complexity index is 444. The lowest BCUT2D eigenvalue weighted by atomic mass is 10.1. The summed E-state index contributed by atoms with van der Waals surface area (Å²) in [6, 6.07) is 8.29. The number of hydrogen-bond donors (Lipinski definition) is 1. The van der Waals surface area contributed by atoms with E-state index in [4.69, 9.17) is 5.73 Å². The van der Waals surface area contributed by atoms with Gasteiger partial charge in [-0.15, -0.1) is 0 Å². The summed E-state index contributed by atoms with van der Waals surface area (Å²) in [6.45, 7) is 2.00. The Morgan fingerprint density at radius 3 is 2.70 bits per heavy atom. The van der Waals surface area contributed by atoms with E-state index in [0.29, 0.717) is 12.5 Å². The lowest BCUT2D eigenvalue weighted by molar-refractivity contribution is -0.130. The molecule has 1 aliphatic heterocycles. The zero-order chi connectivity index (χ0) is 14.5. The molecule has 0 spiro atoms. The Kier molecular flexibility index (Phi) is 5.01. The maximum Gasteiger partial charge on any atom is 0.222 e. The molecule has 20 heavy (non-hydrogen) atoms. The number of nitrogens with two attached hydrogens (primary N) is 1. The number of aryl methyl sites for hydroxylation is 1. The number of nitrogen functional groups attached to an aromatic ring is 1. The highest BCUT2D eigenvalue weighted by Gasteiger charge is 2.23. The second kappa shape index (κ2) is 6.75. The predicted molar refractivity (Wildman–Crippen MR) is 82.5 cm³/mol. The molecule has 4 nitrogen and oxygen atoms in total. The van der Waals surface area contributed by atoms with Crippen molar-refractivity contribution >= 4 is 11.6 Å². The van der Waals surface area contributed by atoms with Crippen LogP contribution in [0.15, 0.2) is 24.3 Å². The minimum Gasteiger partial charge on any atom is -0.399 e. The van der Waals surface area contributed by atoms with Gasteiger partial charge in [0.2, 0.25) is 5.91 Å². The fourth-order valence-corrected chi connectivity index (χ4v) is 2.75. The van der Waals surface area contributed by atoms with Gasteiger partial charge < -0.3 is 15.5 Å². The number of benzene rings is 1. The van der Waals surface area contributed by atoms with Crippen LogP contribution in [0.3, 0.4) is 0 Å². The van der Waals surface area contributed by atoms with Crippen LogP contribution in [0.1, 0.15) is 24.8 Å². The molecule has 0 saturated carbocycles. The molecule has 1 aromatic rings. The van der Waals surface area contributed by atoms with E-state index in [1.54, 1.807) is 0 Å². The predicted octanol–water partition coefficient (Wildman–Crippen LogP) is 1.75. The van der Waals surface area contributed by atoms with E-state index in [9.17, 15) is 4.79 Å². The van der Waals surface area contributed by atoms with Crippen molar-refractivity contribution in [2.45, 2.75) is 31.7 Å². The smallest absolute Gasteiger partial charge is 0.222 e. The molecule has 1 saturated heterocycles. The Morgan fingerprint density at radius 2 is 2.10 bits per heavy atom. The quantitative estimate of drug-likeness (QED) is 0.833. The molecule has 1 aromatic carbocycles. The van der Waals surface area contributed by atoms with Gasteiger partial charge in [-0.3, -0.25) is 4.79 Å². The van der Waals surface area contributed by atoms with Gasteiger partial charge in [0.25, 0.3) is 0 Å². The van der Waals surface area contributed by atoms with Crippen molar-refractivity contribution in [1.82, 2.24) is 9.80 Å². The second-order valence-electron chi connectivity index (χ2n) is 5.79. The summed E-state index contributed by atoms with van der Waals surface area (Å²) in [7, 11) is 4.06. The van der Waals surface area contributed by atoms with Crippen molar-refractivity contribution < 1.29 is 4.79 Å². The van der Waals surface area contributed by atoms with Crippen molar-refractivity contribution in [3.63, 3.8) is 0 Å². The van der Waals surface area contributed by atoms with Gasteiger partial charge >= 0.3 is 0 Å². The van der Waals surface area contributed by atoms with Gasteiger partial charge in [-0.2, -0.15) is 0 Å². The first-order chi connectivity index (χ1) is 9.56. The van der Waals surface area contributed by atoms with Gasteiger partial charge in [0.15, 0.2) is 0 Å². The lowest BCUT2D eigenvalue weighted by Crippen LogP contribution is -2.39. The van der Waals surface area contributed by atoms with E-state index in [2.05, 4.69) is 11.9 Å². The second-order valence-corrected chi connectivity index (χ2v) is 5.79. The fraction of sp³-hybridized carbons (Fsp3) is 0.562. The molecule has 1 fully saturated rings. The largest absolute Gasteiger partial charge is 0.399 e. The Hall–Kier alpha value is -1.55.